The molecule has 1 aromatic carbocycles. The molecule has 21 heavy (non-hydrogen) atoms. The number of hydrogen-bond donors (Lipinski definition) is 1. The van der Waals surface area contributed by atoms with Gasteiger partial charge in [0.25, 0.3) is 0 Å². The van der Waals surface area contributed by atoms with Crippen molar-refractivity contribution in [1.82, 2.24) is 4.90 Å². The first kappa shape index (κ1) is 15.5. The van der Waals surface area contributed by atoms with Crippen LogP contribution in [0.15, 0.2) is 30.3 Å². The summed E-state index contributed by atoms with van der Waals surface area (Å²) in [6, 6.07) is 8.67. The smallest absolute Gasteiger partial charge is 0.326 e. The Labute approximate surface area is 123 Å². The lowest BCUT2D eigenvalue weighted by atomic mass is 10.2. The largest absolute Gasteiger partial charge is 0.480 e. The predicted molar refractivity (Wildman–Crippen MR) is 74.6 cm³/mol. The number of benzene rings is 1. The molecule has 0 saturated carbocycles. The van der Waals surface area contributed by atoms with Gasteiger partial charge in [0.15, 0.2) is 0 Å². The van der Waals surface area contributed by atoms with Crippen LogP contribution in [0.4, 0.5) is 0 Å². The molecular formula is C15H19NO5. The number of carbonyl (C=O) groups is 2. The summed E-state index contributed by atoms with van der Waals surface area (Å²) in [6.07, 6.45) is 0.0835. The van der Waals surface area contributed by atoms with Crippen LogP contribution in [-0.2, 0) is 25.7 Å². The van der Waals surface area contributed by atoms with Gasteiger partial charge in [0.2, 0.25) is 5.91 Å². The van der Waals surface area contributed by atoms with Gasteiger partial charge in [0.1, 0.15) is 12.6 Å². The molecule has 6 heteroatoms. The lowest BCUT2D eigenvalue weighted by molar-refractivity contribution is -0.150. The van der Waals surface area contributed by atoms with Gasteiger partial charge in [0.05, 0.1) is 12.7 Å². The van der Waals surface area contributed by atoms with Gasteiger partial charge < -0.3 is 19.5 Å². The zero-order valence-electron chi connectivity index (χ0n) is 11.9. The average Bonchev–Trinajstić information content (AvgIpc) is 2.93. The van der Waals surface area contributed by atoms with Crippen LogP contribution in [-0.4, -0.2) is 54.3 Å². The molecule has 1 saturated heterocycles. The molecule has 0 radical (unpaired) electrons. The Kier molecular flexibility index (Phi) is 5.30. The fourth-order valence-corrected chi connectivity index (χ4v) is 2.39. The first-order valence-electron chi connectivity index (χ1n) is 6.78. The quantitative estimate of drug-likeness (QED) is 0.843. The van der Waals surface area contributed by atoms with E-state index in [1.165, 1.54) is 12.0 Å². The molecule has 2 rings (SSSR count). The molecule has 0 aromatic heterocycles. The van der Waals surface area contributed by atoms with E-state index >= 15 is 0 Å². The van der Waals surface area contributed by atoms with Crippen LogP contribution >= 0.6 is 0 Å². The first-order chi connectivity index (χ1) is 10.1. The number of nitrogens with zero attached hydrogens (tertiary/aromatic N) is 1. The van der Waals surface area contributed by atoms with Crippen LogP contribution in [0.3, 0.4) is 0 Å². The molecule has 0 bridgehead atoms. The van der Waals surface area contributed by atoms with Gasteiger partial charge in [-0.05, 0) is 5.56 Å². The second-order valence-electron chi connectivity index (χ2n) is 4.97. The van der Waals surface area contributed by atoms with Crippen molar-refractivity contribution in [3.05, 3.63) is 35.9 Å². The topological polar surface area (TPSA) is 76.1 Å². The van der Waals surface area contributed by atoms with E-state index in [-0.39, 0.29) is 18.6 Å². The van der Waals surface area contributed by atoms with E-state index in [9.17, 15) is 9.59 Å². The van der Waals surface area contributed by atoms with Crippen molar-refractivity contribution in [2.45, 2.75) is 25.2 Å². The Morgan fingerprint density at radius 1 is 1.33 bits per heavy atom. The van der Waals surface area contributed by atoms with Crippen LogP contribution in [0.25, 0.3) is 0 Å². The number of ether oxygens (including phenoxy) is 2. The van der Waals surface area contributed by atoms with E-state index in [1.807, 2.05) is 30.3 Å². The van der Waals surface area contributed by atoms with E-state index in [2.05, 4.69) is 0 Å². The maximum absolute atomic E-state index is 12.1. The Morgan fingerprint density at radius 2 is 2.05 bits per heavy atom. The number of carboxylic acids is 1. The maximum Gasteiger partial charge on any atom is 0.326 e. The van der Waals surface area contributed by atoms with Gasteiger partial charge in [-0.15, -0.1) is 0 Å². The van der Waals surface area contributed by atoms with Gasteiger partial charge in [-0.3, -0.25) is 4.79 Å². The van der Waals surface area contributed by atoms with E-state index in [0.717, 1.165) is 5.56 Å². The van der Waals surface area contributed by atoms with Gasteiger partial charge in [-0.25, -0.2) is 4.79 Å². The summed E-state index contributed by atoms with van der Waals surface area (Å²) in [4.78, 5) is 24.6. The molecule has 1 fully saturated rings. The first-order valence-corrected chi connectivity index (χ1v) is 6.78. The third-order valence-electron chi connectivity index (χ3n) is 3.54. The van der Waals surface area contributed by atoms with Crippen LogP contribution in [0.1, 0.15) is 12.0 Å². The normalized spacial score (nSPS) is 21.5. The van der Waals surface area contributed by atoms with E-state index in [4.69, 9.17) is 14.6 Å². The van der Waals surface area contributed by atoms with Crippen molar-refractivity contribution in [3.63, 3.8) is 0 Å². The van der Waals surface area contributed by atoms with Crippen molar-refractivity contribution in [2.75, 3.05) is 20.3 Å². The standard InChI is InChI=1S/C15H19NO5/c1-20-12-7-13(15(18)19)16(8-12)14(17)10-21-9-11-5-3-2-4-6-11/h2-6,12-13H,7-10H2,1H3,(H,18,19). The minimum absolute atomic E-state index is 0.130. The molecule has 114 valence electrons. The lowest BCUT2D eigenvalue weighted by Crippen LogP contribution is -2.42. The highest BCUT2D eigenvalue weighted by Crippen LogP contribution is 2.20. The van der Waals surface area contributed by atoms with Gasteiger partial charge in [-0.2, -0.15) is 0 Å². The summed E-state index contributed by atoms with van der Waals surface area (Å²) in [5, 5.41) is 9.16. The molecule has 2 atom stereocenters. The average molecular weight is 293 g/mol. The van der Waals surface area contributed by atoms with Crippen LogP contribution in [0, 0.1) is 0 Å². The fraction of sp³-hybridized carbons (Fsp3) is 0.467. The van der Waals surface area contributed by atoms with E-state index in [1.54, 1.807) is 0 Å². The Balaban J connectivity index is 1.85. The minimum Gasteiger partial charge on any atom is -0.480 e. The van der Waals surface area contributed by atoms with Crippen molar-refractivity contribution in [2.24, 2.45) is 0 Å². The maximum atomic E-state index is 12.1. The molecule has 1 amide bonds. The zero-order valence-corrected chi connectivity index (χ0v) is 11.9. The number of methoxy groups -OCH3 is 1. The summed E-state index contributed by atoms with van der Waals surface area (Å²) >= 11 is 0. The van der Waals surface area contributed by atoms with Crippen LogP contribution in [0.2, 0.25) is 0 Å². The molecule has 1 heterocycles. The van der Waals surface area contributed by atoms with Crippen molar-refractivity contribution in [1.29, 1.82) is 0 Å². The molecule has 1 aliphatic heterocycles. The molecule has 6 nitrogen and oxygen atoms in total. The number of likely N-dealkylation sites (tertiary alicyclic amines) is 1. The highest BCUT2D eigenvalue weighted by atomic mass is 16.5. The molecule has 2 unspecified atom stereocenters. The highest BCUT2D eigenvalue weighted by molar-refractivity contribution is 5.85. The molecular weight excluding hydrogens is 274 g/mol. The molecule has 1 N–H and O–H groups in total. The van der Waals surface area contributed by atoms with Gasteiger partial charge in [0, 0.05) is 20.1 Å². The van der Waals surface area contributed by atoms with Crippen LogP contribution < -0.4 is 0 Å². The van der Waals surface area contributed by atoms with Crippen molar-refractivity contribution < 1.29 is 24.2 Å². The number of aliphatic carboxylic acids is 1. The van der Waals surface area contributed by atoms with E-state index in [0.29, 0.717) is 19.6 Å². The highest BCUT2D eigenvalue weighted by Gasteiger charge is 2.39. The molecule has 0 aliphatic carbocycles. The second kappa shape index (κ2) is 7.19. The summed E-state index contributed by atoms with van der Waals surface area (Å²) in [7, 11) is 1.52. The van der Waals surface area contributed by atoms with Crippen molar-refractivity contribution >= 4 is 11.9 Å². The molecule has 0 spiro atoms. The zero-order chi connectivity index (χ0) is 15.2. The third kappa shape index (κ3) is 4.03. The molecule has 1 aliphatic rings. The Bertz CT molecular complexity index is 490. The Hall–Kier alpha value is -1.92. The number of carbonyl (C=O) groups excluding carboxylic acids is 1. The number of rotatable bonds is 6. The summed E-state index contributed by atoms with van der Waals surface area (Å²) in [5.41, 5.74) is 0.969. The SMILES string of the molecule is COC1CC(C(=O)O)N(C(=O)COCc2ccccc2)C1. The number of amides is 1. The summed E-state index contributed by atoms with van der Waals surface area (Å²) in [5.74, 6) is -1.33. The van der Waals surface area contributed by atoms with Crippen LogP contribution in [0.5, 0.6) is 0 Å². The van der Waals surface area contributed by atoms with Gasteiger partial charge in [-0.1, -0.05) is 30.3 Å². The summed E-state index contributed by atoms with van der Waals surface area (Å²) < 4.78 is 10.5. The number of carboxylic acid groups (broad SMARTS) is 1. The molecule has 1 aromatic rings. The predicted octanol–water partition coefficient (Wildman–Crippen LogP) is 0.904. The monoisotopic (exact) mass is 293 g/mol. The van der Waals surface area contributed by atoms with Gasteiger partial charge >= 0.3 is 5.97 Å². The third-order valence-corrected chi connectivity index (χ3v) is 3.54. The minimum atomic E-state index is -1.01. The number of hydrogen-bond acceptors (Lipinski definition) is 4. The summed E-state index contributed by atoms with van der Waals surface area (Å²) in [6.45, 7) is 0.488. The van der Waals surface area contributed by atoms with Crippen molar-refractivity contribution in [3.8, 4) is 0 Å². The lowest BCUT2D eigenvalue weighted by Gasteiger charge is -2.21. The fourth-order valence-electron chi connectivity index (χ4n) is 2.39. The van der Waals surface area contributed by atoms with E-state index < -0.39 is 12.0 Å². The second-order valence-corrected chi connectivity index (χ2v) is 4.97. The Morgan fingerprint density at radius 3 is 2.67 bits per heavy atom.